The first-order valence-corrected chi connectivity index (χ1v) is 8.55. The maximum Gasteiger partial charge on any atom is 0.331 e. The van der Waals surface area contributed by atoms with Crippen molar-refractivity contribution < 1.29 is 19.0 Å². The van der Waals surface area contributed by atoms with Gasteiger partial charge in [0.05, 0.1) is 19.9 Å². The summed E-state index contributed by atoms with van der Waals surface area (Å²) >= 11 is 0. The lowest BCUT2D eigenvalue weighted by Gasteiger charge is -2.06. The number of nitrogens with zero attached hydrogens (tertiary/aromatic N) is 2. The van der Waals surface area contributed by atoms with Crippen LogP contribution in [0.4, 0.5) is 0 Å². The minimum Gasteiger partial charge on any atom is -0.497 e. The molecule has 7 heteroatoms. The SMILES string of the molecule is COc1cc(/C=C/C(=O)OCc2cc(=O)n3cc(C)ccc3n2)cc(OC)c1. The Labute approximate surface area is 161 Å². The monoisotopic (exact) mass is 380 g/mol. The minimum atomic E-state index is -0.548. The molecule has 2 aromatic heterocycles. The van der Waals surface area contributed by atoms with Crippen LogP contribution in [0.2, 0.25) is 0 Å². The molecule has 1 aromatic carbocycles. The predicted molar refractivity (Wildman–Crippen MR) is 105 cm³/mol. The highest BCUT2D eigenvalue weighted by Gasteiger charge is 2.06. The van der Waals surface area contributed by atoms with Crippen molar-refractivity contribution in [2.45, 2.75) is 13.5 Å². The van der Waals surface area contributed by atoms with E-state index >= 15 is 0 Å². The van der Waals surface area contributed by atoms with Gasteiger partial charge in [-0.1, -0.05) is 6.07 Å². The van der Waals surface area contributed by atoms with Crippen LogP contribution >= 0.6 is 0 Å². The number of aromatic nitrogens is 2. The molecule has 0 radical (unpaired) electrons. The van der Waals surface area contributed by atoms with Crippen molar-refractivity contribution >= 4 is 17.7 Å². The Hall–Kier alpha value is -3.61. The van der Waals surface area contributed by atoms with Crippen LogP contribution < -0.4 is 15.0 Å². The van der Waals surface area contributed by atoms with Gasteiger partial charge >= 0.3 is 5.97 Å². The molecule has 0 saturated carbocycles. The summed E-state index contributed by atoms with van der Waals surface area (Å²) in [5, 5.41) is 0. The Morgan fingerprint density at radius 1 is 1.11 bits per heavy atom. The number of hydrogen-bond donors (Lipinski definition) is 0. The average molecular weight is 380 g/mol. The Kier molecular flexibility index (Phi) is 5.74. The van der Waals surface area contributed by atoms with E-state index in [-0.39, 0.29) is 12.2 Å². The van der Waals surface area contributed by atoms with E-state index < -0.39 is 5.97 Å². The molecule has 0 bridgehead atoms. The fourth-order valence-corrected chi connectivity index (χ4v) is 2.62. The van der Waals surface area contributed by atoms with Gasteiger partial charge in [0.15, 0.2) is 0 Å². The van der Waals surface area contributed by atoms with E-state index in [4.69, 9.17) is 14.2 Å². The van der Waals surface area contributed by atoms with E-state index in [1.54, 1.807) is 50.8 Å². The first kappa shape index (κ1) is 19.2. The maximum absolute atomic E-state index is 12.2. The van der Waals surface area contributed by atoms with Crippen LogP contribution in [0, 0.1) is 6.92 Å². The molecule has 0 spiro atoms. The number of aryl methyl sites for hydroxylation is 1. The first-order chi connectivity index (χ1) is 13.5. The standard InChI is InChI=1S/C21H20N2O5/c1-14-4-6-19-22-16(10-20(24)23(19)12-14)13-28-21(25)7-5-15-8-17(26-2)11-18(9-15)27-3/h4-12H,13H2,1-3H3/b7-5+. The van der Waals surface area contributed by atoms with Gasteiger partial charge in [-0.25, -0.2) is 9.78 Å². The van der Waals surface area contributed by atoms with E-state index in [0.29, 0.717) is 22.8 Å². The summed E-state index contributed by atoms with van der Waals surface area (Å²) in [4.78, 5) is 28.5. The number of pyridine rings is 1. The Bertz CT molecular complexity index is 1080. The fourth-order valence-electron chi connectivity index (χ4n) is 2.62. The molecule has 0 aliphatic carbocycles. The quantitative estimate of drug-likeness (QED) is 0.483. The third-order valence-corrected chi connectivity index (χ3v) is 4.01. The van der Waals surface area contributed by atoms with Crippen molar-refractivity contribution in [3.05, 3.63) is 75.8 Å². The third kappa shape index (κ3) is 4.56. The number of fused-ring (bicyclic) bond motifs is 1. The second-order valence-corrected chi connectivity index (χ2v) is 6.11. The number of benzene rings is 1. The van der Waals surface area contributed by atoms with Gasteiger partial charge < -0.3 is 14.2 Å². The van der Waals surface area contributed by atoms with Crippen LogP contribution in [-0.2, 0) is 16.1 Å². The minimum absolute atomic E-state index is 0.0930. The van der Waals surface area contributed by atoms with Gasteiger partial charge in [-0.05, 0) is 42.3 Å². The molecular formula is C21H20N2O5. The molecule has 0 aliphatic heterocycles. The van der Waals surface area contributed by atoms with Crippen LogP contribution in [0.25, 0.3) is 11.7 Å². The summed E-state index contributed by atoms with van der Waals surface area (Å²) < 4.78 is 17.0. The fraction of sp³-hybridized carbons (Fsp3) is 0.190. The van der Waals surface area contributed by atoms with E-state index in [2.05, 4.69) is 4.98 Å². The zero-order valence-corrected chi connectivity index (χ0v) is 15.8. The molecule has 28 heavy (non-hydrogen) atoms. The van der Waals surface area contributed by atoms with Crippen molar-refractivity contribution in [1.82, 2.24) is 9.38 Å². The molecule has 2 heterocycles. The summed E-state index contributed by atoms with van der Waals surface area (Å²) in [6.07, 6.45) is 4.61. The first-order valence-electron chi connectivity index (χ1n) is 8.55. The number of carbonyl (C=O) groups is 1. The highest BCUT2D eigenvalue weighted by Crippen LogP contribution is 2.23. The Morgan fingerprint density at radius 2 is 1.82 bits per heavy atom. The van der Waals surface area contributed by atoms with Crippen LogP contribution in [0.15, 0.2) is 53.5 Å². The molecule has 3 aromatic rings. The van der Waals surface area contributed by atoms with Gasteiger partial charge in [0.25, 0.3) is 5.56 Å². The number of esters is 1. The Balaban J connectivity index is 1.69. The smallest absolute Gasteiger partial charge is 0.331 e. The summed E-state index contributed by atoms with van der Waals surface area (Å²) in [6.45, 7) is 1.80. The lowest BCUT2D eigenvalue weighted by Crippen LogP contribution is -2.16. The van der Waals surface area contributed by atoms with Crippen molar-refractivity contribution in [1.29, 1.82) is 0 Å². The van der Waals surface area contributed by atoms with Crippen LogP contribution in [0.3, 0.4) is 0 Å². The molecule has 0 unspecified atom stereocenters. The van der Waals surface area contributed by atoms with Gasteiger partial charge in [-0.3, -0.25) is 9.20 Å². The highest BCUT2D eigenvalue weighted by molar-refractivity contribution is 5.87. The zero-order chi connectivity index (χ0) is 20.1. The van der Waals surface area contributed by atoms with Crippen molar-refractivity contribution in [2.24, 2.45) is 0 Å². The van der Waals surface area contributed by atoms with Crippen LogP contribution in [0.1, 0.15) is 16.8 Å². The maximum atomic E-state index is 12.2. The van der Waals surface area contributed by atoms with E-state index in [9.17, 15) is 9.59 Å². The molecule has 7 nitrogen and oxygen atoms in total. The number of methoxy groups -OCH3 is 2. The van der Waals surface area contributed by atoms with Crippen molar-refractivity contribution in [3.63, 3.8) is 0 Å². The van der Waals surface area contributed by atoms with E-state index in [1.165, 1.54) is 16.5 Å². The molecule has 0 N–H and O–H groups in total. The molecule has 0 amide bonds. The third-order valence-electron chi connectivity index (χ3n) is 4.01. The second-order valence-electron chi connectivity index (χ2n) is 6.11. The largest absolute Gasteiger partial charge is 0.497 e. The number of ether oxygens (including phenoxy) is 3. The molecular weight excluding hydrogens is 360 g/mol. The summed E-state index contributed by atoms with van der Waals surface area (Å²) in [7, 11) is 3.11. The van der Waals surface area contributed by atoms with Gasteiger partial charge in [0.2, 0.25) is 0 Å². The van der Waals surface area contributed by atoms with E-state index in [1.807, 2.05) is 13.0 Å². The lowest BCUT2D eigenvalue weighted by molar-refractivity contribution is -0.139. The molecule has 0 fully saturated rings. The average Bonchev–Trinajstić information content (AvgIpc) is 2.70. The topological polar surface area (TPSA) is 79.1 Å². The highest BCUT2D eigenvalue weighted by atomic mass is 16.5. The van der Waals surface area contributed by atoms with Gasteiger partial charge in [-0.2, -0.15) is 0 Å². The number of rotatable bonds is 6. The second kappa shape index (κ2) is 8.39. The molecule has 0 atom stereocenters. The zero-order valence-electron chi connectivity index (χ0n) is 15.8. The van der Waals surface area contributed by atoms with Crippen molar-refractivity contribution in [2.75, 3.05) is 14.2 Å². The summed E-state index contributed by atoms with van der Waals surface area (Å²) in [5.41, 5.74) is 2.35. The van der Waals surface area contributed by atoms with Crippen LogP contribution in [0.5, 0.6) is 11.5 Å². The molecule has 0 saturated heterocycles. The summed E-state index contributed by atoms with van der Waals surface area (Å²) in [6, 6.07) is 10.2. The van der Waals surface area contributed by atoms with E-state index in [0.717, 1.165) is 11.1 Å². The predicted octanol–water partition coefficient (Wildman–Crippen LogP) is 2.78. The van der Waals surface area contributed by atoms with Gasteiger partial charge in [-0.15, -0.1) is 0 Å². The number of hydrogen-bond acceptors (Lipinski definition) is 6. The normalized spacial score (nSPS) is 11.0. The molecule has 0 aliphatic rings. The lowest BCUT2D eigenvalue weighted by atomic mass is 10.2. The van der Waals surface area contributed by atoms with Gasteiger partial charge in [0.1, 0.15) is 23.8 Å². The summed E-state index contributed by atoms with van der Waals surface area (Å²) in [5.74, 6) is 0.680. The molecule has 3 rings (SSSR count). The number of carbonyl (C=O) groups excluding carboxylic acids is 1. The Morgan fingerprint density at radius 3 is 2.50 bits per heavy atom. The van der Waals surface area contributed by atoms with Crippen LogP contribution in [-0.4, -0.2) is 29.6 Å². The molecule has 144 valence electrons. The van der Waals surface area contributed by atoms with Gasteiger partial charge in [0, 0.05) is 24.4 Å². The van der Waals surface area contributed by atoms with Crippen molar-refractivity contribution in [3.8, 4) is 11.5 Å².